The van der Waals surface area contributed by atoms with Crippen LogP contribution in [0, 0.1) is 6.92 Å². The van der Waals surface area contributed by atoms with Crippen molar-refractivity contribution in [3.63, 3.8) is 0 Å². The quantitative estimate of drug-likeness (QED) is 0.109. The van der Waals surface area contributed by atoms with Crippen molar-refractivity contribution in [1.82, 2.24) is 4.98 Å². The minimum absolute atomic E-state index is 0.00247. The zero-order chi connectivity index (χ0) is 31.0. The van der Waals surface area contributed by atoms with Crippen LogP contribution in [0.3, 0.4) is 0 Å². The van der Waals surface area contributed by atoms with E-state index in [1.54, 1.807) is 56.3 Å². The maximum absolute atomic E-state index is 13.7. The Labute approximate surface area is 258 Å². The van der Waals surface area contributed by atoms with Crippen molar-refractivity contribution < 1.29 is 33.7 Å². The van der Waals surface area contributed by atoms with E-state index in [1.165, 1.54) is 4.90 Å². The highest BCUT2D eigenvalue weighted by Crippen LogP contribution is 2.45. The van der Waals surface area contributed by atoms with Gasteiger partial charge < -0.3 is 19.3 Å². The van der Waals surface area contributed by atoms with Crippen LogP contribution in [-0.2, 0) is 27.4 Å². The molecule has 44 heavy (non-hydrogen) atoms. The molecular formula is C34H30N2O7S. The number of anilines is 1. The lowest BCUT2D eigenvalue weighted by Gasteiger charge is -2.23. The number of nitrogens with zero attached hydrogens (tertiary/aromatic N) is 2. The Morgan fingerprint density at radius 3 is 2.57 bits per heavy atom. The Hall–Kier alpha value is -4.96. The zero-order valence-electron chi connectivity index (χ0n) is 24.4. The van der Waals surface area contributed by atoms with E-state index in [4.69, 9.17) is 14.2 Å². The van der Waals surface area contributed by atoms with Crippen molar-refractivity contribution in [3.05, 3.63) is 111 Å². The van der Waals surface area contributed by atoms with Gasteiger partial charge in [0.1, 0.15) is 34.8 Å². The van der Waals surface area contributed by atoms with E-state index in [-0.39, 0.29) is 34.1 Å². The van der Waals surface area contributed by atoms with Crippen LogP contribution in [-0.4, -0.2) is 40.5 Å². The molecule has 0 radical (unpaired) electrons. The average Bonchev–Trinajstić information content (AvgIpc) is 3.68. The fourth-order valence-electron chi connectivity index (χ4n) is 5.43. The number of carbonyl (C=O) groups is 3. The van der Waals surface area contributed by atoms with Crippen LogP contribution in [0.1, 0.15) is 57.5 Å². The molecule has 2 atom stereocenters. The zero-order valence-corrected chi connectivity index (χ0v) is 25.2. The molecule has 4 aromatic rings. The number of aliphatic hydroxyl groups is 1. The summed E-state index contributed by atoms with van der Waals surface area (Å²) in [7, 11) is 0. The van der Waals surface area contributed by atoms with Crippen molar-refractivity contribution >= 4 is 39.9 Å². The first-order valence-electron chi connectivity index (χ1n) is 14.3. The van der Waals surface area contributed by atoms with Gasteiger partial charge in [-0.3, -0.25) is 14.5 Å². The lowest BCUT2D eigenvalue weighted by atomic mass is 9.94. The minimum atomic E-state index is -1.01. The predicted molar refractivity (Wildman–Crippen MR) is 165 cm³/mol. The Kier molecular flexibility index (Phi) is 7.92. The number of Topliss-reactive ketones (excluding diaryl/α,β-unsaturated/α-hetero) is 1. The number of ketones is 1. The molecule has 6 rings (SSSR count). The van der Waals surface area contributed by atoms with Gasteiger partial charge in [-0.1, -0.05) is 53.8 Å². The Morgan fingerprint density at radius 2 is 1.84 bits per heavy atom. The van der Waals surface area contributed by atoms with Crippen LogP contribution in [0.2, 0.25) is 0 Å². The molecule has 0 bridgehead atoms. The SMILES string of the molecule is CCOC(=O)c1sc(N2C(=O)C(=O)/C(=C(/O)c3ccc4c(c3)CC(C)O4)C2c2ccc(OCc3ccccc3)cc2)nc1C. The van der Waals surface area contributed by atoms with Gasteiger partial charge in [-0.25, -0.2) is 9.78 Å². The minimum Gasteiger partial charge on any atom is -0.507 e. The first kappa shape index (κ1) is 29.1. The summed E-state index contributed by atoms with van der Waals surface area (Å²) in [5.41, 5.74) is 3.17. The summed E-state index contributed by atoms with van der Waals surface area (Å²) in [6.45, 7) is 5.85. The number of hydrogen-bond donors (Lipinski definition) is 1. The molecule has 1 amide bonds. The molecule has 10 heteroatoms. The van der Waals surface area contributed by atoms with Gasteiger partial charge in [0.25, 0.3) is 5.78 Å². The molecular weight excluding hydrogens is 580 g/mol. The molecule has 1 saturated heterocycles. The normalized spacial score (nSPS) is 18.7. The number of benzene rings is 3. The van der Waals surface area contributed by atoms with Gasteiger partial charge in [0.2, 0.25) is 0 Å². The maximum atomic E-state index is 13.7. The third kappa shape index (κ3) is 5.44. The molecule has 3 heterocycles. The molecule has 0 saturated carbocycles. The number of aliphatic hydroxyl groups excluding tert-OH is 1. The van der Waals surface area contributed by atoms with E-state index in [2.05, 4.69) is 4.98 Å². The lowest BCUT2D eigenvalue weighted by Crippen LogP contribution is -2.29. The fraction of sp³-hybridized carbons (Fsp3) is 0.235. The highest BCUT2D eigenvalue weighted by molar-refractivity contribution is 7.17. The second kappa shape index (κ2) is 12.0. The van der Waals surface area contributed by atoms with Crippen molar-refractivity contribution in [2.75, 3.05) is 11.5 Å². The number of esters is 1. The average molecular weight is 611 g/mol. The van der Waals surface area contributed by atoms with Gasteiger partial charge in [0, 0.05) is 12.0 Å². The van der Waals surface area contributed by atoms with Crippen LogP contribution in [0.5, 0.6) is 11.5 Å². The number of rotatable bonds is 8. The topological polar surface area (TPSA) is 115 Å². The highest BCUT2D eigenvalue weighted by atomic mass is 32.1. The monoisotopic (exact) mass is 610 g/mol. The maximum Gasteiger partial charge on any atom is 0.350 e. The second-order valence-electron chi connectivity index (χ2n) is 10.6. The van der Waals surface area contributed by atoms with Gasteiger partial charge in [-0.2, -0.15) is 0 Å². The summed E-state index contributed by atoms with van der Waals surface area (Å²) in [5, 5.41) is 11.8. The van der Waals surface area contributed by atoms with E-state index in [0.29, 0.717) is 35.6 Å². The molecule has 0 aliphatic carbocycles. The number of aromatic nitrogens is 1. The van der Waals surface area contributed by atoms with Crippen LogP contribution in [0.4, 0.5) is 5.13 Å². The summed E-state index contributed by atoms with van der Waals surface area (Å²) in [4.78, 5) is 45.8. The van der Waals surface area contributed by atoms with Gasteiger partial charge in [-0.15, -0.1) is 0 Å². The standard InChI is InChI=1S/C34H30N2O7S/c1-4-41-33(40)31-20(3)35-34(44-31)36-28(22-10-13-25(14-11-22)42-18-21-8-6-5-7-9-21)27(30(38)32(36)39)29(37)23-12-15-26-24(17-23)16-19(2)43-26/h5-15,17,19,28,37H,4,16,18H2,1-3H3/b29-27+. The second-order valence-corrected chi connectivity index (χ2v) is 11.6. The molecule has 9 nitrogen and oxygen atoms in total. The van der Waals surface area contributed by atoms with E-state index in [0.717, 1.165) is 28.2 Å². The summed E-state index contributed by atoms with van der Waals surface area (Å²) in [6.07, 6.45) is 0.658. The van der Waals surface area contributed by atoms with E-state index in [1.807, 2.05) is 37.3 Å². The van der Waals surface area contributed by atoms with Crippen LogP contribution in [0.15, 0.2) is 78.4 Å². The number of amides is 1. The third-order valence-corrected chi connectivity index (χ3v) is 8.65. The van der Waals surface area contributed by atoms with Gasteiger partial charge in [-0.05, 0) is 67.8 Å². The number of carbonyl (C=O) groups excluding carboxylic acids is 3. The molecule has 3 aromatic carbocycles. The van der Waals surface area contributed by atoms with Gasteiger partial charge >= 0.3 is 11.9 Å². The number of aryl methyl sites for hydroxylation is 1. The summed E-state index contributed by atoms with van der Waals surface area (Å²) in [6, 6.07) is 21.0. The molecule has 2 aliphatic rings. The summed E-state index contributed by atoms with van der Waals surface area (Å²) >= 11 is 0.966. The first-order chi connectivity index (χ1) is 21.2. The highest BCUT2D eigenvalue weighted by Gasteiger charge is 2.48. The van der Waals surface area contributed by atoms with Crippen molar-refractivity contribution in [2.24, 2.45) is 0 Å². The summed E-state index contributed by atoms with van der Waals surface area (Å²) < 4.78 is 16.9. The molecule has 2 aliphatic heterocycles. The van der Waals surface area contributed by atoms with Crippen LogP contribution < -0.4 is 14.4 Å². The van der Waals surface area contributed by atoms with Gasteiger partial charge in [0.05, 0.1) is 23.9 Å². The third-order valence-electron chi connectivity index (χ3n) is 7.51. The fourth-order valence-corrected chi connectivity index (χ4v) is 6.42. The largest absolute Gasteiger partial charge is 0.507 e. The molecule has 1 aromatic heterocycles. The number of ether oxygens (including phenoxy) is 3. The number of hydrogen-bond acceptors (Lipinski definition) is 9. The molecule has 2 unspecified atom stereocenters. The Balaban J connectivity index is 1.42. The molecule has 1 N–H and O–H groups in total. The van der Waals surface area contributed by atoms with E-state index >= 15 is 0 Å². The molecule has 224 valence electrons. The Morgan fingerprint density at radius 1 is 1.09 bits per heavy atom. The molecule has 1 fully saturated rings. The number of thiazole rings is 1. The predicted octanol–water partition coefficient (Wildman–Crippen LogP) is 6.16. The van der Waals surface area contributed by atoms with E-state index < -0.39 is 23.7 Å². The van der Waals surface area contributed by atoms with Crippen LogP contribution in [0.25, 0.3) is 5.76 Å². The lowest BCUT2D eigenvalue weighted by molar-refractivity contribution is -0.132. The van der Waals surface area contributed by atoms with Gasteiger partial charge in [0.15, 0.2) is 5.13 Å². The first-order valence-corrected chi connectivity index (χ1v) is 15.1. The summed E-state index contributed by atoms with van der Waals surface area (Å²) in [5.74, 6) is -1.26. The smallest absolute Gasteiger partial charge is 0.350 e. The van der Waals surface area contributed by atoms with Crippen molar-refractivity contribution in [3.8, 4) is 11.5 Å². The Bertz CT molecular complexity index is 1780. The number of fused-ring (bicyclic) bond motifs is 1. The van der Waals surface area contributed by atoms with Crippen molar-refractivity contribution in [1.29, 1.82) is 0 Å². The van der Waals surface area contributed by atoms with Crippen LogP contribution >= 0.6 is 11.3 Å². The van der Waals surface area contributed by atoms with E-state index in [9.17, 15) is 19.5 Å². The molecule has 0 spiro atoms. The van der Waals surface area contributed by atoms with Crippen molar-refractivity contribution in [2.45, 2.75) is 45.9 Å².